The third kappa shape index (κ3) is 3.75. The normalized spacial score (nSPS) is 20.3. The molecule has 5 heteroatoms. The number of hydrogen-bond donors (Lipinski definition) is 1. The van der Waals surface area contributed by atoms with Gasteiger partial charge < -0.3 is 15.0 Å². The van der Waals surface area contributed by atoms with E-state index >= 15 is 0 Å². The molecule has 0 aromatic heterocycles. The second kappa shape index (κ2) is 6.12. The van der Waals surface area contributed by atoms with Crippen LogP contribution in [0.15, 0.2) is 18.2 Å². The van der Waals surface area contributed by atoms with Crippen LogP contribution in [0.2, 0.25) is 0 Å². The summed E-state index contributed by atoms with van der Waals surface area (Å²) in [7, 11) is 2.03. The van der Waals surface area contributed by atoms with Crippen LogP contribution in [0.3, 0.4) is 0 Å². The number of benzene rings is 1. The molecule has 2 rings (SSSR count). The Balaban J connectivity index is 1.90. The number of likely N-dealkylation sites (N-methyl/N-ethyl adjacent to an activating group) is 1. The smallest absolute Gasteiger partial charge is 0.251 e. The molecule has 1 aromatic carbocycles. The molecule has 104 valence electrons. The van der Waals surface area contributed by atoms with E-state index in [4.69, 9.17) is 4.74 Å². The molecule has 1 amide bonds. The van der Waals surface area contributed by atoms with Gasteiger partial charge in [0.05, 0.1) is 12.7 Å². The number of ether oxygens (including phenoxy) is 1. The van der Waals surface area contributed by atoms with Crippen molar-refractivity contribution in [1.29, 1.82) is 0 Å². The van der Waals surface area contributed by atoms with E-state index in [0.29, 0.717) is 24.3 Å². The summed E-state index contributed by atoms with van der Waals surface area (Å²) in [6, 6.07) is 4.17. The van der Waals surface area contributed by atoms with Gasteiger partial charge in [-0.05, 0) is 37.7 Å². The highest BCUT2D eigenvalue weighted by Gasteiger charge is 2.19. The van der Waals surface area contributed by atoms with Gasteiger partial charge in [0.1, 0.15) is 5.82 Å². The molecule has 1 unspecified atom stereocenters. The largest absolute Gasteiger partial charge is 0.374 e. The third-order valence-corrected chi connectivity index (χ3v) is 3.27. The van der Waals surface area contributed by atoms with Crippen molar-refractivity contribution in [2.24, 2.45) is 0 Å². The number of carbonyl (C=O) groups excluding carboxylic acids is 1. The molecule has 1 atom stereocenters. The van der Waals surface area contributed by atoms with E-state index in [2.05, 4.69) is 10.2 Å². The maximum absolute atomic E-state index is 13.0. The molecule has 1 fully saturated rings. The summed E-state index contributed by atoms with van der Waals surface area (Å²) in [5, 5.41) is 2.84. The second-order valence-electron chi connectivity index (χ2n) is 4.92. The zero-order chi connectivity index (χ0) is 13.8. The van der Waals surface area contributed by atoms with Crippen molar-refractivity contribution in [3.8, 4) is 0 Å². The predicted molar refractivity (Wildman–Crippen MR) is 70.7 cm³/mol. The van der Waals surface area contributed by atoms with Crippen LogP contribution in [0, 0.1) is 12.7 Å². The van der Waals surface area contributed by atoms with Crippen LogP contribution >= 0.6 is 0 Å². The minimum absolute atomic E-state index is 0.0171. The van der Waals surface area contributed by atoms with Crippen LogP contribution in [-0.4, -0.2) is 50.2 Å². The Morgan fingerprint density at radius 3 is 3.05 bits per heavy atom. The first-order chi connectivity index (χ1) is 9.06. The van der Waals surface area contributed by atoms with E-state index in [-0.39, 0.29) is 17.8 Å². The highest BCUT2D eigenvalue weighted by atomic mass is 19.1. The third-order valence-electron chi connectivity index (χ3n) is 3.27. The highest BCUT2D eigenvalue weighted by Crippen LogP contribution is 2.10. The fourth-order valence-electron chi connectivity index (χ4n) is 2.17. The average Bonchev–Trinajstić information content (AvgIpc) is 2.36. The standard InChI is InChI=1S/C14H19FN2O2/c1-10-7-11(15)3-4-13(10)14(18)16-8-12-9-17(2)5-6-19-12/h3-4,7,12H,5-6,8-9H2,1-2H3,(H,16,18). The molecule has 1 aromatic rings. The molecule has 0 radical (unpaired) electrons. The van der Waals surface area contributed by atoms with Gasteiger partial charge in [-0.15, -0.1) is 0 Å². The molecule has 0 aliphatic carbocycles. The maximum atomic E-state index is 13.0. The van der Waals surface area contributed by atoms with Crippen molar-refractivity contribution < 1.29 is 13.9 Å². The summed E-state index contributed by atoms with van der Waals surface area (Å²) < 4.78 is 18.5. The number of hydrogen-bond acceptors (Lipinski definition) is 3. The number of nitrogens with one attached hydrogen (secondary N) is 1. The fraction of sp³-hybridized carbons (Fsp3) is 0.500. The van der Waals surface area contributed by atoms with Gasteiger partial charge in [-0.3, -0.25) is 4.79 Å². The molecular formula is C14H19FN2O2. The second-order valence-corrected chi connectivity index (χ2v) is 4.92. The van der Waals surface area contributed by atoms with E-state index in [0.717, 1.165) is 13.1 Å². The molecule has 1 saturated heterocycles. The van der Waals surface area contributed by atoms with Crippen molar-refractivity contribution in [3.05, 3.63) is 35.1 Å². The quantitative estimate of drug-likeness (QED) is 0.893. The van der Waals surface area contributed by atoms with E-state index < -0.39 is 0 Å². The van der Waals surface area contributed by atoms with Crippen LogP contribution in [0.4, 0.5) is 4.39 Å². The summed E-state index contributed by atoms with van der Waals surface area (Å²) in [6.07, 6.45) is 0.0171. The molecule has 4 nitrogen and oxygen atoms in total. The van der Waals surface area contributed by atoms with Crippen LogP contribution in [0.1, 0.15) is 15.9 Å². The first-order valence-corrected chi connectivity index (χ1v) is 6.41. The van der Waals surface area contributed by atoms with Gasteiger partial charge in [0.15, 0.2) is 0 Å². The number of carbonyl (C=O) groups is 1. The zero-order valence-electron chi connectivity index (χ0n) is 11.3. The molecule has 0 saturated carbocycles. The van der Waals surface area contributed by atoms with E-state index in [1.54, 1.807) is 6.92 Å². The topological polar surface area (TPSA) is 41.6 Å². The SMILES string of the molecule is Cc1cc(F)ccc1C(=O)NCC1CN(C)CCO1. The summed E-state index contributed by atoms with van der Waals surface area (Å²) in [5.74, 6) is -0.513. The lowest BCUT2D eigenvalue weighted by Gasteiger charge is -2.30. The number of morpholine rings is 1. The van der Waals surface area contributed by atoms with Crippen molar-refractivity contribution in [1.82, 2.24) is 10.2 Å². The van der Waals surface area contributed by atoms with Crippen molar-refractivity contribution in [2.75, 3.05) is 33.3 Å². The molecule has 0 bridgehead atoms. The summed E-state index contributed by atoms with van der Waals surface area (Å²) in [5.41, 5.74) is 1.14. The minimum Gasteiger partial charge on any atom is -0.374 e. The number of rotatable bonds is 3. The van der Waals surface area contributed by atoms with Crippen LogP contribution in [0.5, 0.6) is 0 Å². The van der Waals surface area contributed by atoms with Gasteiger partial charge >= 0.3 is 0 Å². The van der Waals surface area contributed by atoms with E-state index in [1.807, 2.05) is 7.05 Å². The number of nitrogens with zero attached hydrogens (tertiary/aromatic N) is 1. The van der Waals surface area contributed by atoms with Crippen molar-refractivity contribution >= 4 is 5.91 Å². The van der Waals surface area contributed by atoms with Crippen LogP contribution in [-0.2, 0) is 4.74 Å². The molecule has 0 spiro atoms. The van der Waals surface area contributed by atoms with Gasteiger partial charge in [0.2, 0.25) is 0 Å². The minimum atomic E-state index is -0.328. The lowest BCUT2D eigenvalue weighted by Crippen LogP contribution is -2.46. The van der Waals surface area contributed by atoms with Gasteiger partial charge in [0, 0.05) is 25.2 Å². The Morgan fingerprint density at radius 2 is 2.37 bits per heavy atom. The van der Waals surface area contributed by atoms with Gasteiger partial charge in [-0.2, -0.15) is 0 Å². The number of aryl methyl sites for hydroxylation is 1. The molecule has 1 N–H and O–H groups in total. The lowest BCUT2D eigenvalue weighted by atomic mass is 10.1. The molecular weight excluding hydrogens is 247 g/mol. The van der Waals surface area contributed by atoms with Crippen molar-refractivity contribution in [3.63, 3.8) is 0 Å². The fourth-order valence-corrected chi connectivity index (χ4v) is 2.17. The molecule has 1 aliphatic rings. The lowest BCUT2D eigenvalue weighted by molar-refractivity contribution is -0.0175. The summed E-state index contributed by atoms with van der Waals surface area (Å²) in [6.45, 7) is 4.61. The monoisotopic (exact) mass is 266 g/mol. The Morgan fingerprint density at radius 1 is 1.58 bits per heavy atom. The first kappa shape index (κ1) is 14.0. The number of amides is 1. The van der Waals surface area contributed by atoms with Crippen LogP contribution in [0.25, 0.3) is 0 Å². The van der Waals surface area contributed by atoms with E-state index in [1.165, 1.54) is 18.2 Å². The maximum Gasteiger partial charge on any atom is 0.251 e. The zero-order valence-corrected chi connectivity index (χ0v) is 11.3. The van der Waals surface area contributed by atoms with E-state index in [9.17, 15) is 9.18 Å². The summed E-state index contributed by atoms with van der Waals surface area (Å²) >= 11 is 0. The number of halogens is 1. The molecule has 1 heterocycles. The Labute approximate surface area is 112 Å². The van der Waals surface area contributed by atoms with Gasteiger partial charge in [-0.1, -0.05) is 0 Å². The Kier molecular flexibility index (Phi) is 4.50. The highest BCUT2D eigenvalue weighted by molar-refractivity contribution is 5.95. The molecule has 19 heavy (non-hydrogen) atoms. The summed E-state index contributed by atoms with van der Waals surface area (Å²) in [4.78, 5) is 14.2. The van der Waals surface area contributed by atoms with Crippen LogP contribution < -0.4 is 5.32 Å². The average molecular weight is 266 g/mol. The Hall–Kier alpha value is -1.46. The van der Waals surface area contributed by atoms with Gasteiger partial charge in [0.25, 0.3) is 5.91 Å². The predicted octanol–water partition coefficient (Wildman–Crippen LogP) is 1.19. The molecule has 1 aliphatic heterocycles. The van der Waals surface area contributed by atoms with Gasteiger partial charge in [-0.25, -0.2) is 4.39 Å². The first-order valence-electron chi connectivity index (χ1n) is 6.41. The Bertz CT molecular complexity index is 465. The van der Waals surface area contributed by atoms with Crippen molar-refractivity contribution in [2.45, 2.75) is 13.0 Å².